The third-order valence-electron chi connectivity index (χ3n) is 2.85. The Morgan fingerprint density at radius 3 is 2.40 bits per heavy atom. The zero-order valence-corrected chi connectivity index (χ0v) is 11.6. The first-order valence-electron chi connectivity index (χ1n) is 5.94. The molecular weight excluding hydrogens is 286 g/mol. The van der Waals surface area contributed by atoms with Gasteiger partial charge < -0.3 is 9.47 Å². The summed E-state index contributed by atoms with van der Waals surface area (Å²) >= 11 is 5.80. The van der Waals surface area contributed by atoms with E-state index in [0.717, 1.165) is 5.56 Å². The smallest absolute Gasteiger partial charge is 0.132 e. The molecule has 2 nitrogen and oxygen atoms in total. The van der Waals surface area contributed by atoms with Crippen LogP contribution in [0.3, 0.4) is 0 Å². The second kappa shape index (κ2) is 6.57. The molecule has 20 heavy (non-hydrogen) atoms. The van der Waals surface area contributed by atoms with Crippen LogP contribution in [-0.4, -0.2) is 7.11 Å². The molecule has 0 aliphatic heterocycles. The van der Waals surface area contributed by atoms with Gasteiger partial charge in [0.05, 0.1) is 18.6 Å². The standard InChI is InChI=1S/C15H13ClF2O2/c1-19-11-6-5-10(8-16)15(7-11)20-9-12-13(17)3-2-4-14(12)18/h2-7H,8-9H2,1H3. The summed E-state index contributed by atoms with van der Waals surface area (Å²) < 4.78 is 37.6. The van der Waals surface area contributed by atoms with Crippen molar-refractivity contribution in [2.45, 2.75) is 12.5 Å². The molecule has 0 fully saturated rings. The summed E-state index contributed by atoms with van der Waals surface area (Å²) in [6.45, 7) is -0.213. The number of rotatable bonds is 5. The van der Waals surface area contributed by atoms with Crippen LogP contribution in [0.5, 0.6) is 11.5 Å². The molecule has 0 aliphatic rings. The van der Waals surface area contributed by atoms with E-state index >= 15 is 0 Å². The number of hydrogen-bond acceptors (Lipinski definition) is 2. The molecule has 0 spiro atoms. The van der Waals surface area contributed by atoms with Gasteiger partial charge in [-0.25, -0.2) is 8.78 Å². The quantitative estimate of drug-likeness (QED) is 0.767. The van der Waals surface area contributed by atoms with Crippen LogP contribution in [0, 0.1) is 11.6 Å². The largest absolute Gasteiger partial charge is 0.497 e. The van der Waals surface area contributed by atoms with Gasteiger partial charge in [-0.3, -0.25) is 0 Å². The van der Waals surface area contributed by atoms with Gasteiger partial charge in [-0.15, -0.1) is 11.6 Å². The molecule has 0 aliphatic carbocycles. The van der Waals surface area contributed by atoms with Crippen molar-refractivity contribution in [2.24, 2.45) is 0 Å². The molecule has 0 radical (unpaired) electrons. The van der Waals surface area contributed by atoms with Gasteiger partial charge in [0.2, 0.25) is 0 Å². The lowest BCUT2D eigenvalue weighted by atomic mass is 10.2. The topological polar surface area (TPSA) is 18.5 Å². The molecule has 0 saturated carbocycles. The summed E-state index contributed by atoms with van der Waals surface area (Å²) in [5.74, 6) is -0.00969. The van der Waals surface area contributed by atoms with Crippen LogP contribution in [0.2, 0.25) is 0 Å². The second-order valence-electron chi connectivity index (χ2n) is 4.10. The molecule has 5 heteroatoms. The molecule has 0 atom stereocenters. The number of ether oxygens (including phenoxy) is 2. The fourth-order valence-electron chi connectivity index (χ4n) is 1.73. The summed E-state index contributed by atoms with van der Waals surface area (Å²) in [6.07, 6.45) is 0. The van der Waals surface area contributed by atoms with Gasteiger partial charge in [-0.2, -0.15) is 0 Å². The second-order valence-corrected chi connectivity index (χ2v) is 4.36. The Labute approximate surface area is 120 Å². The number of methoxy groups -OCH3 is 1. The van der Waals surface area contributed by atoms with E-state index in [9.17, 15) is 8.78 Å². The Morgan fingerprint density at radius 2 is 1.80 bits per heavy atom. The summed E-state index contributed by atoms with van der Waals surface area (Å²) in [6, 6.07) is 8.82. The van der Waals surface area contributed by atoms with E-state index in [1.807, 2.05) is 0 Å². The van der Waals surface area contributed by atoms with E-state index in [-0.39, 0.29) is 18.1 Å². The molecule has 0 bridgehead atoms. The van der Waals surface area contributed by atoms with Gasteiger partial charge in [0.15, 0.2) is 0 Å². The minimum absolute atomic E-state index is 0.115. The van der Waals surface area contributed by atoms with Crippen molar-refractivity contribution in [1.29, 1.82) is 0 Å². The van der Waals surface area contributed by atoms with Crippen molar-refractivity contribution < 1.29 is 18.3 Å². The van der Waals surface area contributed by atoms with Gasteiger partial charge in [0.25, 0.3) is 0 Å². The van der Waals surface area contributed by atoms with Crippen molar-refractivity contribution >= 4 is 11.6 Å². The van der Waals surface area contributed by atoms with E-state index in [1.165, 1.54) is 25.3 Å². The maximum absolute atomic E-state index is 13.5. The van der Waals surface area contributed by atoms with Crippen molar-refractivity contribution in [1.82, 2.24) is 0 Å². The summed E-state index contributed by atoms with van der Waals surface area (Å²) in [5, 5.41) is 0. The highest BCUT2D eigenvalue weighted by Crippen LogP contribution is 2.27. The van der Waals surface area contributed by atoms with Crippen LogP contribution in [0.4, 0.5) is 8.78 Å². The number of alkyl halides is 1. The molecule has 2 rings (SSSR count). The number of halogens is 3. The lowest BCUT2D eigenvalue weighted by Gasteiger charge is -2.12. The zero-order chi connectivity index (χ0) is 14.5. The summed E-state index contributed by atoms with van der Waals surface area (Å²) in [7, 11) is 1.52. The lowest BCUT2D eigenvalue weighted by molar-refractivity contribution is 0.288. The predicted octanol–water partition coefficient (Wildman–Crippen LogP) is 4.29. The minimum atomic E-state index is -0.639. The maximum atomic E-state index is 13.5. The van der Waals surface area contributed by atoms with E-state index in [2.05, 4.69) is 0 Å². The SMILES string of the molecule is COc1ccc(CCl)c(OCc2c(F)cccc2F)c1. The molecule has 0 amide bonds. The maximum Gasteiger partial charge on any atom is 0.132 e. The zero-order valence-electron chi connectivity index (χ0n) is 10.8. The molecule has 0 N–H and O–H groups in total. The highest BCUT2D eigenvalue weighted by molar-refractivity contribution is 6.17. The van der Waals surface area contributed by atoms with E-state index in [1.54, 1.807) is 18.2 Å². The Hall–Kier alpha value is -1.81. The van der Waals surface area contributed by atoms with Crippen LogP contribution in [0.25, 0.3) is 0 Å². The molecule has 106 valence electrons. The van der Waals surface area contributed by atoms with Crippen molar-refractivity contribution in [3.8, 4) is 11.5 Å². The van der Waals surface area contributed by atoms with E-state index in [4.69, 9.17) is 21.1 Å². The first kappa shape index (κ1) is 14.6. The van der Waals surface area contributed by atoms with Crippen LogP contribution in [0.15, 0.2) is 36.4 Å². The van der Waals surface area contributed by atoms with Gasteiger partial charge in [0.1, 0.15) is 29.7 Å². The van der Waals surface area contributed by atoms with Crippen molar-refractivity contribution in [3.05, 3.63) is 59.2 Å². The molecule has 0 heterocycles. The highest BCUT2D eigenvalue weighted by atomic mass is 35.5. The number of hydrogen-bond donors (Lipinski definition) is 0. The Kier molecular flexibility index (Phi) is 4.79. The minimum Gasteiger partial charge on any atom is -0.497 e. The Balaban J connectivity index is 2.22. The van der Waals surface area contributed by atoms with Crippen LogP contribution >= 0.6 is 11.6 Å². The molecular formula is C15H13ClF2O2. The predicted molar refractivity (Wildman–Crippen MR) is 73.2 cm³/mol. The lowest BCUT2D eigenvalue weighted by Crippen LogP contribution is -2.03. The van der Waals surface area contributed by atoms with Gasteiger partial charge in [-0.05, 0) is 18.2 Å². The third-order valence-corrected chi connectivity index (χ3v) is 3.14. The van der Waals surface area contributed by atoms with Gasteiger partial charge in [-0.1, -0.05) is 12.1 Å². The van der Waals surface area contributed by atoms with Gasteiger partial charge in [0, 0.05) is 11.6 Å². The molecule has 0 unspecified atom stereocenters. The molecule has 0 aromatic heterocycles. The summed E-state index contributed by atoms with van der Waals surface area (Å²) in [4.78, 5) is 0. The number of benzene rings is 2. The van der Waals surface area contributed by atoms with Gasteiger partial charge >= 0.3 is 0 Å². The van der Waals surface area contributed by atoms with Crippen molar-refractivity contribution in [3.63, 3.8) is 0 Å². The average Bonchev–Trinajstić information content (AvgIpc) is 2.46. The van der Waals surface area contributed by atoms with Crippen molar-refractivity contribution in [2.75, 3.05) is 7.11 Å². The van der Waals surface area contributed by atoms with E-state index in [0.29, 0.717) is 11.5 Å². The Bertz CT molecular complexity index is 582. The molecule has 2 aromatic rings. The molecule has 0 saturated heterocycles. The van der Waals surface area contributed by atoms with Crippen LogP contribution in [0.1, 0.15) is 11.1 Å². The summed E-state index contributed by atoms with van der Waals surface area (Å²) in [5.41, 5.74) is 0.611. The third kappa shape index (κ3) is 3.20. The van der Waals surface area contributed by atoms with Crippen LogP contribution < -0.4 is 9.47 Å². The first-order valence-corrected chi connectivity index (χ1v) is 6.47. The normalized spacial score (nSPS) is 10.4. The monoisotopic (exact) mass is 298 g/mol. The Morgan fingerprint density at radius 1 is 1.10 bits per heavy atom. The fourth-order valence-corrected chi connectivity index (χ4v) is 1.95. The van der Waals surface area contributed by atoms with Crippen LogP contribution in [-0.2, 0) is 12.5 Å². The average molecular weight is 299 g/mol. The highest BCUT2D eigenvalue weighted by Gasteiger charge is 2.11. The fraction of sp³-hybridized carbons (Fsp3) is 0.200. The first-order chi connectivity index (χ1) is 9.65. The van der Waals surface area contributed by atoms with E-state index < -0.39 is 11.6 Å². The molecule has 2 aromatic carbocycles.